The van der Waals surface area contributed by atoms with E-state index in [0.717, 1.165) is 36.4 Å². The summed E-state index contributed by atoms with van der Waals surface area (Å²) in [7, 11) is 0. The summed E-state index contributed by atoms with van der Waals surface area (Å²) < 4.78 is 2.26. The predicted octanol–water partition coefficient (Wildman–Crippen LogP) is 4.79. The van der Waals surface area contributed by atoms with Crippen LogP contribution >= 0.6 is 22.7 Å². The SMILES string of the molecule is CC(/C=N/Nc1nc2ccccc2s1)=N\Nc1nc2ccccc2s1. The molecular weight excluding hydrogens is 352 g/mol. The number of rotatable bonds is 5. The van der Waals surface area contributed by atoms with Gasteiger partial charge in [-0.25, -0.2) is 9.97 Å². The van der Waals surface area contributed by atoms with E-state index in [2.05, 4.69) is 31.0 Å². The maximum absolute atomic E-state index is 4.47. The van der Waals surface area contributed by atoms with Crippen molar-refractivity contribution in [2.45, 2.75) is 6.92 Å². The van der Waals surface area contributed by atoms with Crippen molar-refractivity contribution in [3.05, 3.63) is 48.5 Å². The smallest absolute Gasteiger partial charge is 0.204 e. The number of aromatic nitrogens is 2. The first-order valence-electron chi connectivity index (χ1n) is 7.58. The number of nitrogens with one attached hydrogen (secondary N) is 2. The highest BCUT2D eigenvalue weighted by Gasteiger charge is 2.02. The van der Waals surface area contributed by atoms with Crippen LogP contribution in [0.15, 0.2) is 58.7 Å². The molecule has 0 saturated heterocycles. The largest absolute Gasteiger partial charge is 0.253 e. The minimum Gasteiger partial charge on any atom is -0.253 e. The maximum Gasteiger partial charge on any atom is 0.204 e. The van der Waals surface area contributed by atoms with Gasteiger partial charge in [0.2, 0.25) is 10.3 Å². The normalized spacial score (nSPS) is 12.3. The van der Waals surface area contributed by atoms with Crippen LogP contribution in [0.2, 0.25) is 0 Å². The fraction of sp³-hybridized carbons (Fsp3) is 0.0588. The zero-order chi connectivity index (χ0) is 17.1. The molecule has 6 nitrogen and oxygen atoms in total. The summed E-state index contributed by atoms with van der Waals surface area (Å²) in [4.78, 5) is 8.93. The number of para-hydroxylation sites is 2. The van der Waals surface area contributed by atoms with Gasteiger partial charge < -0.3 is 0 Å². The second kappa shape index (κ2) is 6.96. The van der Waals surface area contributed by atoms with Gasteiger partial charge in [-0.05, 0) is 31.2 Å². The van der Waals surface area contributed by atoms with Gasteiger partial charge in [0.05, 0.1) is 32.4 Å². The third kappa shape index (κ3) is 3.65. The van der Waals surface area contributed by atoms with Gasteiger partial charge in [0.25, 0.3) is 0 Å². The van der Waals surface area contributed by atoms with Crippen LogP contribution in [0, 0.1) is 0 Å². The minimum atomic E-state index is 0.730. The highest BCUT2D eigenvalue weighted by Crippen LogP contribution is 2.26. The monoisotopic (exact) mass is 366 g/mol. The first kappa shape index (κ1) is 15.7. The van der Waals surface area contributed by atoms with Crippen LogP contribution < -0.4 is 10.9 Å². The summed E-state index contributed by atoms with van der Waals surface area (Å²) in [5, 5.41) is 9.96. The Kier molecular flexibility index (Phi) is 4.36. The summed E-state index contributed by atoms with van der Waals surface area (Å²) >= 11 is 3.13. The summed E-state index contributed by atoms with van der Waals surface area (Å²) in [6, 6.07) is 16.0. The molecule has 25 heavy (non-hydrogen) atoms. The number of nitrogens with zero attached hydrogens (tertiary/aromatic N) is 4. The predicted molar refractivity (Wildman–Crippen MR) is 108 cm³/mol. The fourth-order valence-electron chi connectivity index (χ4n) is 2.19. The quantitative estimate of drug-likeness (QED) is 0.393. The van der Waals surface area contributed by atoms with Crippen LogP contribution in [0.5, 0.6) is 0 Å². The van der Waals surface area contributed by atoms with Crippen molar-refractivity contribution in [3.8, 4) is 0 Å². The van der Waals surface area contributed by atoms with Crippen LogP contribution in [0.25, 0.3) is 20.4 Å². The third-order valence-corrected chi connectivity index (χ3v) is 5.21. The van der Waals surface area contributed by atoms with E-state index >= 15 is 0 Å². The minimum absolute atomic E-state index is 0.730. The molecule has 2 aromatic carbocycles. The van der Waals surface area contributed by atoms with Crippen molar-refractivity contribution in [1.29, 1.82) is 0 Å². The Labute approximate surface area is 151 Å². The van der Waals surface area contributed by atoms with Crippen molar-refractivity contribution >= 4 is 65.3 Å². The third-order valence-electron chi connectivity index (χ3n) is 3.33. The van der Waals surface area contributed by atoms with Gasteiger partial charge in [0.1, 0.15) is 0 Å². The molecule has 2 aromatic heterocycles. The zero-order valence-corrected chi connectivity index (χ0v) is 14.9. The van der Waals surface area contributed by atoms with Crippen LogP contribution in [0.4, 0.5) is 10.3 Å². The molecule has 8 heteroatoms. The molecule has 2 heterocycles. The molecule has 124 valence electrons. The number of anilines is 2. The van der Waals surface area contributed by atoms with Crippen molar-refractivity contribution in [1.82, 2.24) is 9.97 Å². The van der Waals surface area contributed by atoms with Crippen LogP contribution in [-0.2, 0) is 0 Å². The molecule has 0 unspecified atom stereocenters. The lowest BCUT2D eigenvalue weighted by Crippen LogP contribution is -2.00. The molecule has 0 aliphatic carbocycles. The Morgan fingerprint density at radius 1 is 0.880 bits per heavy atom. The Bertz CT molecular complexity index is 1010. The molecule has 0 aliphatic heterocycles. The lowest BCUT2D eigenvalue weighted by atomic mass is 10.3. The highest BCUT2D eigenvalue weighted by atomic mass is 32.1. The van der Waals surface area contributed by atoms with E-state index in [-0.39, 0.29) is 0 Å². The molecule has 0 fully saturated rings. The first-order valence-corrected chi connectivity index (χ1v) is 9.22. The van der Waals surface area contributed by atoms with E-state index in [1.807, 2.05) is 55.5 Å². The van der Waals surface area contributed by atoms with E-state index in [0.29, 0.717) is 0 Å². The van der Waals surface area contributed by atoms with E-state index < -0.39 is 0 Å². The van der Waals surface area contributed by atoms with Gasteiger partial charge in [-0.2, -0.15) is 10.2 Å². The second-order valence-corrected chi connectivity index (χ2v) is 7.27. The number of benzene rings is 2. The van der Waals surface area contributed by atoms with Crippen LogP contribution in [0.1, 0.15) is 6.92 Å². The molecule has 0 radical (unpaired) electrons. The standard InChI is InChI=1S/C17H14N6S2/c1-11(21-23-17-20-13-7-3-5-9-15(13)25-17)10-18-22-16-19-12-6-2-4-8-14(12)24-16/h2-10H,1H3,(H,19,22)(H,20,23)/b18-10+,21-11+. The average molecular weight is 366 g/mol. The van der Waals surface area contributed by atoms with E-state index in [1.54, 1.807) is 28.9 Å². The summed E-state index contributed by atoms with van der Waals surface area (Å²) in [5.74, 6) is 0. The van der Waals surface area contributed by atoms with Crippen molar-refractivity contribution in [2.24, 2.45) is 10.2 Å². The molecule has 0 bridgehead atoms. The van der Waals surface area contributed by atoms with Crippen LogP contribution in [-0.4, -0.2) is 21.9 Å². The van der Waals surface area contributed by atoms with Gasteiger partial charge >= 0.3 is 0 Å². The molecule has 4 aromatic rings. The molecular formula is C17H14N6S2. The lowest BCUT2D eigenvalue weighted by Gasteiger charge is -1.95. The summed E-state index contributed by atoms with van der Waals surface area (Å²) in [6.07, 6.45) is 1.65. The van der Waals surface area contributed by atoms with Gasteiger partial charge in [-0.3, -0.25) is 10.9 Å². The Morgan fingerprint density at radius 3 is 2.04 bits per heavy atom. The molecule has 4 rings (SSSR count). The van der Waals surface area contributed by atoms with E-state index in [9.17, 15) is 0 Å². The molecule has 0 saturated carbocycles. The van der Waals surface area contributed by atoms with Crippen molar-refractivity contribution in [3.63, 3.8) is 0 Å². The van der Waals surface area contributed by atoms with Gasteiger partial charge in [0, 0.05) is 0 Å². The number of hydrogen-bond donors (Lipinski definition) is 2. The molecule has 0 amide bonds. The van der Waals surface area contributed by atoms with E-state index in [1.165, 1.54) is 0 Å². The number of hydrazone groups is 2. The zero-order valence-electron chi connectivity index (χ0n) is 13.3. The highest BCUT2D eigenvalue weighted by molar-refractivity contribution is 7.22. The van der Waals surface area contributed by atoms with Crippen molar-refractivity contribution in [2.75, 3.05) is 10.9 Å². The van der Waals surface area contributed by atoms with Gasteiger partial charge in [-0.15, -0.1) is 0 Å². The molecule has 0 aliphatic rings. The number of thiazole rings is 2. The molecule has 0 atom stereocenters. The maximum atomic E-state index is 4.47. The Hall–Kier alpha value is -2.84. The second-order valence-electron chi connectivity index (χ2n) is 5.21. The summed E-state index contributed by atoms with van der Waals surface area (Å²) in [5.41, 5.74) is 8.57. The van der Waals surface area contributed by atoms with E-state index in [4.69, 9.17) is 0 Å². The lowest BCUT2D eigenvalue weighted by molar-refractivity contribution is 1.29. The van der Waals surface area contributed by atoms with Gasteiger partial charge in [-0.1, -0.05) is 46.9 Å². The summed E-state index contributed by atoms with van der Waals surface area (Å²) in [6.45, 7) is 1.86. The average Bonchev–Trinajstić information content (AvgIpc) is 3.23. The molecule has 2 N–H and O–H groups in total. The fourth-order valence-corrected chi connectivity index (χ4v) is 3.81. The van der Waals surface area contributed by atoms with Gasteiger partial charge in [0.15, 0.2) is 0 Å². The Balaban J connectivity index is 1.39. The number of hydrogen-bond acceptors (Lipinski definition) is 8. The van der Waals surface area contributed by atoms with Crippen LogP contribution in [0.3, 0.4) is 0 Å². The first-order chi connectivity index (χ1) is 12.3. The Morgan fingerprint density at radius 2 is 1.44 bits per heavy atom. The van der Waals surface area contributed by atoms with Crippen molar-refractivity contribution < 1.29 is 0 Å². The molecule has 0 spiro atoms. The topological polar surface area (TPSA) is 74.6 Å². The number of fused-ring (bicyclic) bond motifs is 2.